The maximum atomic E-state index is 13.7. The van der Waals surface area contributed by atoms with Gasteiger partial charge in [0.15, 0.2) is 0 Å². The summed E-state index contributed by atoms with van der Waals surface area (Å²) < 4.78 is 50.5. The number of aliphatic carboxylic acids is 2. The minimum atomic E-state index is -0.797. The second kappa shape index (κ2) is 26.5. The van der Waals surface area contributed by atoms with Crippen LogP contribution in [0.2, 0.25) is 0 Å². The largest absolute Gasteiger partial charge is 0.489 e. The van der Waals surface area contributed by atoms with Gasteiger partial charge in [-0.2, -0.15) is 0 Å². The zero-order valence-electron chi connectivity index (χ0n) is 38.4. The molecule has 2 aliphatic heterocycles. The molecular weight excluding hydrogens is 847 g/mol. The number of hydrogen-bond donors (Lipinski definition) is 2. The van der Waals surface area contributed by atoms with Gasteiger partial charge in [0, 0.05) is 74.4 Å². The lowest BCUT2D eigenvalue weighted by atomic mass is 10.1. The standard InChI is InChI=1S/2C22H21FN2O4.2C4H10/c2*23-18-4-2-1-3-16(18)14-28-17-7-5-15(6-8-17)22-24-19-13-25(12-10-21(26)27)11-9-20(19)29-22;2*1-3-4-2/h2*1-8H,9-14H2,(H,26,27);2*3-4H2,1-2H3. The molecule has 0 aliphatic carbocycles. The maximum absolute atomic E-state index is 13.7. The monoisotopic (exact) mass is 908 g/mol. The molecule has 14 heteroatoms. The lowest BCUT2D eigenvalue weighted by molar-refractivity contribution is -0.138. The van der Waals surface area contributed by atoms with Crippen LogP contribution in [-0.4, -0.2) is 68.1 Å². The highest BCUT2D eigenvalue weighted by Crippen LogP contribution is 2.30. The van der Waals surface area contributed by atoms with E-state index in [0.717, 1.165) is 47.1 Å². The third-order valence-electron chi connectivity index (χ3n) is 10.8. The summed E-state index contributed by atoms with van der Waals surface area (Å²) in [7, 11) is 0. The van der Waals surface area contributed by atoms with Crippen molar-refractivity contribution in [2.45, 2.75) is 105 Å². The summed E-state index contributed by atoms with van der Waals surface area (Å²) in [5.74, 6) is 1.88. The Balaban J connectivity index is 0.000000213. The van der Waals surface area contributed by atoms with Crippen LogP contribution in [0, 0.1) is 11.6 Å². The first kappa shape index (κ1) is 50.6. The number of aromatic nitrogens is 2. The second-order valence-corrected chi connectivity index (χ2v) is 15.9. The predicted molar refractivity (Wildman–Crippen MR) is 249 cm³/mol. The van der Waals surface area contributed by atoms with Gasteiger partial charge in [-0.05, 0) is 60.7 Å². The van der Waals surface area contributed by atoms with E-state index in [-0.39, 0.29) is 37.7 Å². The van der Waals surface area contributed by atoms with Gasteiger partial charge >= 0.3 is 11.9 Å². The number of hydrogen-bond acceptors (Lipinski definition) is 10. The molecule has 2 aromatic heterocycles. The Kier molecular flexibility index (Phi) is 20.4. The lowest BCUT2D eigenvalue weighted by Gasteiger charge is -2.24. The molecule has 0 saturated heterocycles. The van der Waals surface area contributed by atoms with Crippen LogP contribution < -0.4 is 9.47 Å². The second-order valence-electron chi connectivity index (χ2n) is 15.9. The first-order chi connectivity index (χ1) is 32.0. The Bertz CT molecular complexity index is 2230. The van der Waals surface area contributed by atoms with Crippen LogP contribution in [0.4, 0.5) is 8.78 Å². The minimum absolute atomic E-state index is 0.119. The van der Waals surface area contributed by atoms with Crippen molar-refractivity contribution in [3.05, 3.63) is 143 Å². The molecule has 2 aliphatic rings. The predicted octanol–water partition coefficient (Wildman–Crippen LogP) is 11.4. The van der Waals surface area contributed by atoms with E-state index in [9.17, 15) is 18.4 Å². The van der Waals surface area contributed by atoms with Gasteiger partial charge in [-0.3, -0.25) is 19.4 Å². The van der Waals surface area contributed by atoms with Crippen LogP contribution >= 0.6 is 0 Å². The normalized spacial score (nSPS) is 13.1. The number of ether oxygens (including phenoxy) is 2. The molecule has 4 aromatic carbocycles. The van der Waals surface area contributed by atoms with Crippen molar-refractivity contribution in [3.63, 3.8) is 0 Å². The van der Waals surface area contributed by atoms with Gasteiger partial charge < -0.3 is 28.5 Å². The van der Waals surface area contributed by atoms with Gasteiger partial charge in [-0.1, -0.05) is 89.8 Å². The van der Waals surface area contributed by atoms with Crippen LogP contribution in [-0.2, 0) is 48.7 Å². The first-order valence-electron chi connectivity index (χ1n) is 22.8. The van der Waals surface area contributed by atoms with Gasteiger partial charge in [0.05, 0.1) is 24.2 Å². The first-order valence-corrected chi connectivity index (χ1v) is 22.8. The number of rotatable bonds is 16. The molecule has 4 heterocycles. The van der Waals surface area contributed by atoms with E-state index in [4.69, 9.17) is 28.5 Å². The van der Waals surface area contributed by atoms with Gasteiger partial charge in [0.25, 0.3) is 0 Å². The van der Waals surface area contributed by atoms with Crippen molar-refractivity contribution in [1.29, 1.82) is 0 Å². The Hall–Kier alpha value is -6.38. The molecular formula is C52H62F2N4O8. The highest BCUT2D eigenvalue weighted by molar-refractivity contribution is 5.67. The fourth-order valence-corrected chi connectivity index (χ4v) is 6.58. The molecule has 6 aromatic rings. The van der Waals surface area contributed by atoms with E-state index in [2.05, 4.69) is 47.5 Å². The van der Waals surface area contributed by atoms with E-state index in [1.165, 1.54) is 37.8 Å². The Morgan fingerprint density at radius 3 is 1.27 bits per heavy atom. The summed E-state index contributed by atoms with van der Waals surface area (Å²) in [5, 5.41) is 17.7. The molecule has 2 N–H and O–H groups in total. The van der Waals surface area contributed by atoms with Crippen molar-refractivity contribution >= 4 is 11.9 Å². The summed E-state index contributed by atoms with van der Waals surface area (Å²) in [4.78, 5) is 34.8. The zero-order valence-corrected chi connectivity index (χ0v) is 38.4. The van der Waals surface area contributed by atoms with Crippen molar-refractivity contribution in [1.82, 2.24) is 19.8 Å². The summed E-state index contributed by atoms with van der Waals surface area (Å²) in [6.07, 6.45) is 6.94. The van der Waals surface area contributed by atoms with Gasteiger partial charge in [0.1, 0.15) is 47.9 Å². The van der Waals surface area contributed by atoms with Crippen LogP contribution in [0.3, 0.4) is 0 Å². The van der Waals surface area contributed by atoms with E-state index in [1.54, 1.807) is 60.7 Å². The Morgan fingerprint density at radius 1 is 0.576 bits per heavy atom. The number of halogens is 2. The summed E-state index contributed by atoms with van der Waals surface area (Å²) >= 11 is 0. The van der Waals surface area contributed by atoms with E-state index < -0.39 is 11.9 Å². The number of oxazole rings is 2. The third kappa shape index (κ3) is 15.9. The molecule has 0 radical (unpaired) electrons. The number of benzene rings is 4. The number of nitrogens with zero attached hydrogens (tertiary/aromatic N) is 4. The molecule has 0 fully saturated rings. The van der Waals surface area contributed by atoms with Crippen molar-refractivity contribution < 1.29 is 46.9 Å². The molecule has 352 valence electrons. The number of carboxylic acid groups (broad SMARTS) is 2. The van der Waals surface area contributed by atoms with E-state index >= 15 is 0 Å². The summed E-state index contributed by atoms with van der Waals surface area (Å²) in [5.41, 5.74) is 4.38. The number of carboxylic acids is 2. The quantitative estimate of drug-likeness (QED) is 0.0951. The molecule has 0 saturated carbocycles. The van der Waals surface area contributed by atoms with Gasteiger partial charge in [-0.15, -0.1) is 0 Å². The molecule has 0 unspecified atom stereocenters. The smallest absolute Gasteiger partial charge is 0.304 e. The van der Waals surface area contributed by atoms with Crippen LogP contribution in [0.5, 0.6) is 11.5 Å². The van der Waals surface area contributed by atoms with E-state index in [1.807, 2.05) is 24.3 Å². The molecule has 12 nitrogen and oxygen atoms in total. The molecule has 66 heavy (non-hydrogen) atoms. The molecule has 0 bridgehead atoms. The minimum Gasteiger partial charge on any atom is -0.489 e. The highest BCUT2D eigenvalue weighted by Gasteiger charge is 2.24. The number of carbonyl (C=O) groups is 2. The molecule has 0 spiro atoms. The van der Waals surface area contributed by atoms with Crippen LogP contribution in [0.25, 0.3) is 22.9 Å². The molecule has 0 amide bonds. The average Bonchev–Trinajstić information content (AvgIpc) is 3.97. The summed E-state index contributed by atoms with van der Waals surface area (Å²) in [6.45, 7) is 12.8. The fraction of sp³-hybridized carbons (Fsp3) is 0.385. The molecule has 8 rings (SSSR count). The van der Waals surface area contributed by atoms with Crippen molar-refractivity contribution in [3.8, 4) is 34.4 Å². The fourth-order valence-electron chi connectivity index (χ4n) is 6.58. The topological polar surface area (TPSA) is 152 Å². The highest BCUT2D eigenvalue weighted by atomic mass is 19.1. The lowest BCUT2D eigenvalue weighted by Crippen LogP contribution is -2.32. The van der Waals surface area contributed by atoms with Crippen LogP contribution in [0.15, 0.2) is 106 Å². The van der Waals surface area contributed by atoms with Gasteiger partial charge in [-0.25, -0.2) is 18.7 Å². The van der Waals surface area contributed by atoms with Crippen molar-refractivity contribution in [2.75, 3.05) is 26.2 Å². The van der Waals surface area contributed by atoms with E-state index in [0.29, 0.717) is 73.4 Å². The zero-order chi connectivity index (χ0) is 47.3. The van der Waals surface area contributed by atoms with Crippen LogP contribution in [0.1, 0.15) is 100 Å². The molecule has 0 atom stereocenters. The summed E-state index contributed by atoms with van der Waals surface area (Å²) in [6, 6.07) is 27.7. The van der Waals surface area contributed by atoms with Gasteiger partial charge in [0.2, 0.25) is 11.8 Å². The number of unbranched alkanes of at least 4 members (excludes halogenated alkanes) is 2. The average molecular weight is 909 g/mol. The number of fused-ring (bicyclic) bond motifs is 2. The Labute approximate surface area is 386 Å². The SMILES string of the molecule is CCCC.CCCC.O=C(O)CCN1CCc2oc(-c3ccc(OCc4ccccc4F)cc3)nc2C1.O=C(O)CCN1CCc2oc(-c3ccc(OCc4ccccc4F)cc3)nc2C1. The third-order valence-corrected chi connectivity index (χ3v) is 10.8. The van der Waals surface area contributed by atoms with Crippen molar-refractivity contribution in [2.24, 2.45) is 0 Å². The maximum Gasteiger partial charge on any atom is 0.304 e. The Morgan fingerprint density at radius 2 is 0.939 bits per heavy atom.